The van der Waals surface area contributed by atoms with Gasteiger partial charge < -0.3 is 19.9 Å². The summed E-state index contributed by atoms with van der Waals surface area (Å²) in [4.78, 5) is 17.3. The van der Waals surface area contributed by atoms with E-state index in [0.717, 1.165) is 5.69 Å². The largest absolute Gasteiger partial charge is 0.486 e. The number of carbonyl (C=O) groups excluding carboxylic acids is 1. The Morgan fingerprint density at radius 2 is 2.00 bits per heavy atom. The van der Waals surface area contributed by atoms with Crippen molar-refractivity contribution in [3.63, 3.8) is 0 Å². The van der Waals surface area contributed by atoms with Crippen molar-refractivity contribution >= 4 is 5.91 Å². The molecule has 2 aliphatic rings. The highest BCUT2D eigenvalue weighted by atomic mass is 16.6. The van der Waals surface area contributed by atoms with Crippen LogP contribution in [0.15, 0.2) is 42.6 Å². The minimum absolute atomic E-state index is 0.172. The number of nitrogens with zero attached hydrogens (tertiary/aromatic N) is 1. The van der Waals surface area contributed by atoms with Crippen LogP contribution >= 0.6 is 0 Å². The van der Waals surface area contributed by atoms with Gasteiger partial charge in [0.25, 0.3) is 5.91 Å². The molecule has 6 heteroatoms. The number of carbonyl (C=O) groups is 1. The lowest BCUT2D eigenvalue weighted by Gasteiger charge is -2.37. The number of aliphatic hydroxyl groups is 1. The first-order valence-electron chi connectivity index (χ1n) is 8.51. The summed E-state index contributed by atoms with van der Waals surface area (Å²) in [5.41, 5.74) is 1.26. The number of benzene rings is 1. The molecule has 2 heterocycles. The fourth-order valence-electron chi connectivity index (χ4n) is 3.37. The molecule has 2 N–H and O–H groups in total. The van der Waals surface area contributed by atoms with E-state index < -0.39 is 0 Å². The van der Waals surface area contributed by atoms with Crippen molar-refractivity contribution < 1.29 is 19.4 Å². The van der Waals surface area contributed by atoms with E-state index in [9.17, 15) is 9.90 Å². The second-order valence-electron chi connectivity index (χ2n) is 6.42. The van der Waals surface area contributed by atoms with Crippen molar-refractivity contribution in [2.45, 2.75) is 25.0 Å². The third-order valence-corrected chi connectivity index (χ3v) is 4.72. The summed E-state index contributed by atoms with van der Waals surface area (Å²) in [5, 5.41) is 12.7. The summed E-state index contributed by atoms with van der Waals surface area (Å²) in [6, 6.07) is 10.7. The molecule has 0 unspecified atom stereocenters. The number of nitrogens with one attached hydrogen (secondary N) is 1. The summed E-state index contributed by atoms with van der Waals surface area (Å²) in [5.74, 6) is 1.02. The number of hydrogen-bond acceptors (Lipinski definition) is 5. The fourth-order valence-corrected chi connectivity index (χ4v) is 3.37. The molecule has 1 aliphatic carbocycles. The van der Waals surface area contributed by atoms with Crippen molar-refractivity contribution in [3.05, 3.63) is 53.9 Å². The maximum Gasteiger partial charge on any atom is 0.255 e. The lowest BCUT2D eigenvalue weighted by Crippen LogP contribution is -2.42. The fraction of sp³-hybridized carbons (Fsp3) is 0.368. The Balaban J connectivity index is 1.59. The highest BCUT2D eigenvalue weighted by molar-refractivity contribution is 5.98. The molecule has 1 fully saturated rings. The highest BCUT2D eigenvalue weighted by Crippen LogP contribution is 2.38. The number of ether oxygens (including phenoxy) is 2. The van der Waals surface area contributed by atoms with Gasteiger partial charge in [-0.2, -0.15) is 0 Å². The Kier molecular flexibility index (Phi) is 4.28. The van der Waals surface area contributed by atoms with Gasteiger partial charge in [-0.15, -0.1) is 0 Å². The summed E-state index contributed by atoms with van der Waals surface area (Å²) in [6.07, 6.45) is 2.74. The zero-order chi connectivity index (χ0) is 17.2. The molecule has 2 aromatic rings. The van der Waals surface area contributed by atoms with Gasteiger partial charge in [0.15, 0.2) is 11.5 Å². The van der Waals surface area contributed by atoms with E-state index in [1.807, 2.05) is 18.2 Å². The number of para-hydroxylation sites is 1. The number of hydrogen-bond donors (Lipinski definition) is 2. The highest BCUT2D eigenvalue weighted by Gasteiger charge is 2.37. The number of aromatic nitrogens is 1. The Morgan fingerprint density at radius 3 is 2.76 bits per heavy atom. The van der Waals surface area contributed by atoms with E-state index in [4.69, 9.17) is 9.47 Å². The molecule has 1 amide bonds. The minimum Gasteiger partial charge on any atom is -0.486 e. The standard InChI is InChI=1S/C19H20N2O4/c22-13-10-12(11-13)17(15-5-1-2-7-20-15)21-19(23)14-4-3-6-16-18(14)25-9-8-24-16/h1-7,12-13,17,22H,8-11H2,(H,21,23)/t12?,13?,17-/m1/s1. The van der Waals surface area contributed by atoms with Crippen molar-refractivity contribution in [3.8, 4) is 11.5 Å². The van der Waals surface area contributed by atoms with E-state index in [1.54, 1.807) is 24.4 Å². The van der Waals surface area contributed by atoms with Gasteiger partial charge in [-0.1, -0.05) is 12.1 Å². The molecule has 0 radical (unpaired) electrons. The van der Waals surface area contributed by atoms with E-state index in [1.165, 1.54) is 0 Å². The van der Waals surface area contributed by atoms with Crippen LogP contribution in [-0.2, 0) is 0 Å². The van der Waals surface area contributed by atoms with Crippen LogP contribution in [0.25, 0.3) is 0 Å². The molecule has 4 rings (SSSR count). The van der Waals surface area contributed by atoms with Crippen LogP contribution in [0, 0.1) is 5.92 Å². The van der Waals surface area contributed by atoms with Crippen LogP contribution in [0.2, 0.25) is 0 Å². The number of aliphatic hydroxyl groups excluding tert-OH is 1. The molecule has 1 saturated carbocycles. The molecule has 25 heavy (non-hydrogen) atoms. The predicted molar refractivity (Wildman–Crippen MR) is 90.6 cm³/mol. The Hall–Kier alpha value is -2.60. The zero-order valence-electron chi connectivity index (χ0n) is 13.7. The molecule has 6 nitrogen and oxygen atoms in total. The SMILES string of the molecule is O=C(N[C@@H](c1ccccn1)C1CC(O)C1)c1cccc2c1OCCO2. The van der Waals surface area contributed by atoms with Crippen molar-refractivity contribution in [2.75, 3.05) is 13.2 Å². The smallest absolute Gasteiger partial charge is 0.255 e. The maximum atomic E-state index is 12.9. The first-order chi connectivity index (χ1) is 12.2. The van der Waals surface area contributed by atoms with E-state index in [0.29, 0.717) is 43.1 Å². The van der Waals surface area contributed by atoms with Crippen molar-refractivity contribution in [1.29, 1.82) is 0 Å². The quantitative estimate of drug-likeness (QED) is 0.891. The molecule has 0 bridgehead atoms. The van der Waals surface area contributed by atoms with Gasteiger partial charge in [-0.3, -0.25) is 9.78 Å². The van der Waals surface area contributed by atoms with Gasteiger partial charge in [0, 0.05) is 6.20 Å². The molecule has 130 valence electrons. The van der Waals surface area contributed by atoms with Gasteiger partial charge in [0.1, 0.15) is 13.2 Å². The third-order valence-electron chi connectivity index (χ3n) is 4.72. The molecule has 1 aliphatic heterocycles. The molecular formula is C19H20N2O4. The van der Waals surface area contributed by atoms with Crippen LogP contribution in [0.5, 0.6) is 11.5 Å². The van der Waals surface area contributed by atoms with Gasteiger partial charge in [0.2, 0.25) is 0 Å². The number of fused-ring (bicyclic) bond motifs is 1. The van der Waals surface area contributed by atoms with Gasteiger partial charge >= 0.3 is 0 Å². The van der Waals surface area contributed by atoms with Crippen LogP contribution in [0.3, 0.4) is 0 Å². The first kappa shape index (κ1) is 15.9. The number of amides is 1. The minimum atomic E-state index is -0.297. The summed E-state index contributed by atoms with van der Waals surface area (Å²) in [7, 11) is 0. The van der Waals surface area contributed by atoms with Crippen LogP contribution in [0.4, 0.5) is 0 Å². The lowest BCUT2D eigenvalue weighted by molar-refractivity contribution is 0.0227. The maximum absolute atomic E-state index is 12.9. The average molecular weight is 340 g/mol. The summed E-state index contributed by atoms with van der Waals surface area (Å²) in [6.45, 7) is 0.907. The second-order valence-corrected chi connectivity index (χ2v) is 6.42. The van der Waals surface area contributed by atoms with Crippen molar-refractivity contribution in [1.82, 2.24) is 10.3 Å². The first-order valence-corrected chi connectivity index (χ1v) is 8.51. The molecule has 1 aromatic heterocycles. The normalized spacial score (nSPS) is 22.6. The van der Waals surface area contributed by atoms with E-state index in [2.05, 4.69) is 10.3 Å². The van der Waals surface area contributed by atoms with Crippen LogP contribution < -0.4 is 14.8 Å². The van der Waals surface area contributed by atoms with Gasteiger partial charge in [-0.05, 0) is 43.0 Å². The zero-order valence-corrected chi connectivity index (χ0v) is 13.7. The molecular weight excluding hydrogens is 320 g/mol. The Morgan fingerprint density at radius 1 is 1.16 bits per heavy atom. The van der Waals surface area contributed by atoms with Crippen molar-refractivity contribution in [2.24, 2.45) is 5.92 Å². The second kappa shape index (κ2) is 6.72. The molecule has 1 aromatic carbocycles. The molecule has 1 atom stereocenters. The third kappa shape index (κ3) is 3.17. The average Bonchev–Trinajstić information content (AvgIpc) is 2.64. The molecule has 0 saturated heterocycles. The number of pyridine rings is 1. The molecule has 0 spiro atoms. The Labute approximate surface area is 145 Å². The van der Waals surface area contributed by atoms with Gasteiger partial charge in [-0.25, -0.2) is 0 Å². The number of rotatable bonds is 4. The summed E-state index contributed by atoms with van der Waals surface area (Å²) >= 11 is 0. The predicted octanol–water partition coefficient (Wildman–Crippen LogP) is 2.09. The lowest BCUT2D eigenvalue weighted by atomic mass is 9.76. The Bertz CT molecular complexity index is 759. The van der Waals surface area contributed by atoms with Gasteiger partial charge in [0.05, 0.1) is 23.4 Å². The monoisotopic (exact) mass is 340 g/mol. The summed E-state index contributed by atoms with van der Waals surface area (Å²) < 4.78 is 11.2. The van der Waals surface area contributed by atoms with Crippen LogP contribution in [-0.4, -0.2) is 35.3 Å². The van der Waals surface area contributed by atoms with Crippen LogP contribution in [0.1, 0.15) is 34.9 Å². The topological polar surface area (TPSA) is 80.7 Å². The van der Waals surface area contributed by atoms with E-state index in [-0.39, 0.29) is 24.0 Å². The van der Waals surface area contributed by atoms with E-state index >= 15 is 0 Å².